The van der Waals surface area contributed by atoms with E-state index in [0.717, 1.165) is 11.3 Å². The molecular weight excluding hydrogens is 236 g/mol. The third-order valence-corrected chi connectivity index (χ3v) is 3.12. The van der Waals surface area contributed by atoms with E-state index in [1.54, 1.807) is 17.7 Å². The van der Waals surface area contributed by atoms with E-state index in [1.165, 1.54) is 24.8 Å². The predicted octanol–water partition coefficient (Wildman–Crippen LogP) is 1.29. The van der Waals surface area contributed by atoms with E-state index < -0.39 is 0 Å². The molecule has 17 heavy (non-hydrogen) atoms. The molecule has 1 aliphatic rings. The first-order chi connectivity index (χ1) is 8.17. The quantitative estimate of drug-likeness (QED) is 0.483. The maximum atomic E-state index is 7.89. The minimum Gasteiger partial charge on any atom is -0.496 e. The average Bonchev–Trinajstić information content (AvgIpc) is 3.12. The van der Waals surface area contributed by atoms with Gasteiger partial charge >= 0.3 is 0 Å². The van der Waals surface area contributed by atoms with E-state index in [-0.39, 0.29) is 5.49 Å². The topological polar surface area (TPSA) is 76.4 Å². The summed E-state index contributed by atoms with van der Waals surface area (Å²) in [4.78, 5) is 0. The normalized spacial score (nSPS) is 16.0. The lowest BCUT2D eigenvalue weighted by Crippen LogP contribution is -2.32. The monoisotopic (exact) mass is 252 g/mol. The highest BCUT2D eigenvalue weighted by Gasteiger charge is 2.27. The number of hydrogen-bond acceptors (Lipinski definition) is 4. The van der Waals surface area contributed by atoms with E-state index >= 15 is 0 Å². The highest BCUT2D eigenvalue weighted by atomic mass is 32.2. The van der Waals surface area contributed by atoms with Crippen LogP contribution in [0.2, 0.25) is 0 Å². The molecule has 0 atom stereocenters. The molecule has 3 N–H and O–H groups in total. The molecule has 0 aromatic carbocycles. The molecule has 0 bridgehead atoms. The van der Waals surface area contributed by atoms with Crippen LogP contribution in [0.4, 0.5) is 0 Å². The van der Waals surface area contributed by atoms with Crippen LogP contribution in [-0.2, 0) is 0 Å². The van der Waals surface area contributed by atoms with Gasteiger partial charge in [-0.15, -0.1) is 0 Å². The molecule has 6 heteroatoms. The van der Waals surface area contributed by atoms with Gasteiger partial charge in [0.05, 0.1) is 7.11 Å². The Morgan fingerprint density at radius 1 is 1.65 bits per heavy atom. The second kappa shape index (κ2) is 4.83. The van der Waals surface area contributed by atoms with Gasteiger partial charge in [-0.25, -0.2) is 0 Å². The van der Waals surface area contributed by atoms with Gasteiger partial charge in [-0.2, -0.15) is 4.40 Å². The summed E-state index contributed by atoms with van der Waals surface area (Å²) in [5, 5.41) is 7.89. The number of hydrogen-bond donors (Lipinski definition) is 2. The Morgan fingerprint density at radius 3 is 2.88 bits per heavy atom. The minimum atomic E-state index is 0.279. The highest BCUT2D eigenvalue weighted by Crippen LogP contribution is 2.43. The molecule has 0 aliphatic heterocycles. The number of methoxy groups -OCH3 is 1. The summed E-state index contributed by atoms with van der Waals surface area (Å²) in [6.45, 7) is 0. The largest absolute Gasteiger partial charge is 0.496 e. The average molecular weight is 252 g/mol. The zero-order chi connectivity index (χ0) is 12.4. The summed E-state index contributed by atoms with van der Waals surface area (Å²) in [5.74, 6) is 1.64. The first-order valence-electron chi connectivity index (χ1n) is 5.39. The summed E-state index contributed by atoms with van der Waals surface area (Å²) in [6, 6.07) is 1.69. The zero-order valence-electron chi connectivity index (χ0n) is 9.93. The Balaban J connectivity index is 2.50. The lowest BCUT2D eigenvalue weighted by molar-refractivity contribution is 0.407. The molecule has 1 saturated carbocycles. The Kier molecular flexibility index (Phi) is 3.42. The van der Waals surface area contributed by atoms with Crippen LogP contribution in [0.5, 0.6) is 5.75 Å². The van der Waals surface area contributed by atoms with Crippen LogP contribution in [0.25, 0.3) is 0 Å². The van der Waals surface area contributed by atoms with Crippen molar-refractivity contribution in [1.29, 1.82) is 5.41 Å². The Morgan fingerprint density at radius 2 is 2.35 bits per heavy atom. The summed E-state index contributed by atoms with van der Waals surface area (Å²) in [7, 11) is 1.63. The van der Waals surface area contributed by atoms with Crippen LogP contribution in [0.15, 0.2) is 16.7 Å². The fourth-order valence-electron chi connectivity index (χ4n) is 1.75. The van der Waals surface area contributed by atoms with Gasteiger partial charge in [0.2, 0.25) is 5.96 Å². The van der Waals surface area contributed by atoms with Crippen molar-refractivity contribution in [2.45, 2.75) is 18.8 Å². The third kappa shape index (κ3) is 2.46. The van der Waals surface area contributed by atoms with Gasteiger partial charge in [-0.3, -0.25) is 9.98 Å². The molecule has 1 aromatic heterocycles. The van der Waals surface area contributed by atoms with Crippen molar-refractivity contribution in [3.8, 4) is 5.75 Å². The second-order valence-electron chi connectivity index (χ2n) is 3.96. The molecule has 0 radical (unpaired) electrons. The first kappa shape index (κ1) is 12.0. The number of nitrogens with one attached hydrogen (secondary N) is 1. The molecule has 0 unspecified atom stereocenters. The zero-order valence-corrected chi connectivity index (χ0v) is 10.8. The summed E-state index contributed by atoms with van der Waals surface area (Å²) in [5.41, 5.74) is 7.21. The number of pyridine rings is 1. The molecule has 1 fully saturated rings. The molecular formula is C11H16N4OS. The highest BCUT2D eigenvalue weighted by molar-refractivity contribution is 7.97. The van der Waals surface area contributed by atoms with Gasteiger partial charge < -0.3 is 10.5 Å². The molecule has 5 nitrogen and oxygen atoms in total. The number of nitrogens with zero attached hydrogens (tertiary/aromatic N) is 2. The number of aromatic nitrogens is 1. The molecule has 0 spiro atoms. The van der Waals surface area contributed by atoms with Crippen LogP contribution in [0, 0.1) is 5.41 Å². The number of ether oxygens (including phenoxy) is 1. The van der Waals surface area contributed by atoms with Gasteiger partial charge in [0.25, 0.3) is 0 Å². The molecule has 1 aliphatic carbocycles. The lowest BCUT2D eigenvalue weighted by Gasteiger charge is -2.12. The van der Waals surface area contributed by atoms with Crippen molar-refractivity contribution in [2.24, 2.45) is 10.1 Å². The van der Waals surface area contributed by atoms with E-state index in [9.17, 15) is 0 Å². The van der Waals surface area contributed by atoms with Gasteiger partial charge in [-0.05, 0) is 30.7 Å². The van der Waals surface area contributed by atoms with Gasteiger partial charge in [0.1, 0.15) is 11.2 Å². The minimum absolute atomic E-state index is 0.279. The van der Waals surface area contributed by atoms with E-state index in [2.05, 4.69) is 4.40 Å². The Bertz CT molecular complexity index is 505. The molecule has 2 rings (SSSR count). The maximum Gasteiger partial charge on any atom is 0.212 e. The van der Waals surface area contributed by atoms with Crippen molar-refractivity contribution >= 4 is 17.9 Å². The van der Waals surface area contributed by atoms with Crippen LogP contribution < -0.4 is 16.0 Å². The van der Waals surface area contributed by atoms with Gasteiger partial charge in [-0.1, -0.05) is 0 Å². The van der Waals surface area contributed by atoms with Crippen molar-refractivity contribution < 1.29 is 4.74 Å². The fraction of sp³-hybridized carbons (Fsp3) is 0.455. The van der Waals surface area contributed by atoms with E-state index in [0.29, 0.717) is 11.9 Å². The number of rotatable bonds is 3. The van der Waals surface area contributed by atoms with Crippen LogP contribution >= 0.6 is 11.9 Å². The summed E-state index contributed by atoms with van der Waals surface area (Å²) >= 11 is 1.28. The fourth-order valence-corrected chi connectivity index (χ4v) is 2.03. The standard InChI is InChI=1S/C11H16N4OS/c1-16-9-5-10(12)15(11(13)14-17-2)6-8(9)7-3-4-7/h5-7,12H,3-4H2,1-2H3,(H2,13,14). The second-order valence-corrected chi connectivity index (χ2v) is 4.51. The molecule has 92 valence electrons. The molecule has 1 heterocycles. The number of nitrogens with two attached hydrogens (primary N) is 1. The predicted molar refractivity (Wildman–Crippen MR) is 69.3 cm³/mol. The van der Waals surface area contributed by atoms with Crippen LogP contribution in [0.1, 0.15) is 24.3 Å². The maximum absolute atomic E-state index is 7.89. The van der Waals surface area contributed by atoms with Gasteiger partial charge in [0, 0.05) is 24.1 Å². The van der Waals surface area contributed by atoms with E-state index in [4.69, 9.17) is 15.9 Å². The molecule has 1 aromatic rings. The smallest absolute Gasteiger partial charge is 0.212 e. The molecule has 0 amide bonds. The molecule has 0 saturated heterocycles. The van der Waals surface area contributed by atoms with E-state index in [1.807, 2.05) is 12.5 Å². The third-order valence-electron chi connectivity index (χ3n) is 2.75. The lowest BCUT2D eigenvalue weighted by atomic mass is 10.1. The van der Waals surface area contributed by atoms with Crippen LogP contribution in [0.3, 0.4) is 0 Å². The van der Waals surface area contributed by atoms with Crippen LogP contribution in [-0.4, -0.2) is 23.9 Å². The van der Waals surface area contributed by atoms with Crippen molar-refractivity contribution in [3.05, 3.63) is 23.3 Å². The Hall–Kier alpha value is -1.43. The SMILES string of the molecule is COc1cc(=N)n(/C(N)=N/SC)cc1C1CC1. The first-order valence-corrected chi connectivity index (χ1v) is 6.57. The summed E-state index contributed by atoms with van der Waals surface area (Å²) in [6.07, 6.45) is 6.05. The Labute approximate surface area is 104 Å². The van der Waals surface area contributed by atoms with Crippen molar-refractivity contribution in [1.82, 2.24) is 4.57 Å². The van der Waals surface area contributed by atoms with Crippen molar-refractivity contribution in [2.75, 3.05) is 13.4 Å². The van der Waals surface area contributed by atoms with Crippen molar-refractivity contribution in [3.63, 3.8) is 0 Å². The van der Waals surface area contributed by atoms with Gasteiger partial charge in [0.15, 0.2) is 0 Å². The summed E-state index contributed by atoms with van der Waals surface area (Å²) < 4.78 is 10.9.